The summed E-state index contributed by atoms with van der Waals surface area (Å²) >= 11 is 0. The van der Waals surface area contributed by atoms with Crippen LogP contribution in [0.5, 0.6) is 5.75 Å². The lowest BCUT2D eigenvalue weighted by atomic mass is 10.1. The van der Waals surface area contributed by atoms with Crippen LogP contribution >= 0.6 is 0 Å². The lowest BCUT2D eigenvalue weighted by Crippen LogP contribution is -2.44. The van der Waals surface area contributed by atoms with E-state index in [0.717, 1.165) is 26.1 Å². The van der Waals surface area contributed by atoms with Gasteiger partial charge < -0.3 is 19.3 Å². The van der Waals surface area contributed by atoms with Gasteiger partial charge in [0.25, 0.3) is 5.91 Å². The van der Waals surface area contributed by atoms with Gasteiger partial charge in [-0.3, -0.25) is 9.78 Å². The Morgan fingerprint density at radius 1 is 1.29 bits per heavy atom. The van der Waals surface area contributed by atoms with Crippen LogP contribution in [0.1, 0.15) is 36.2 Å². The Morgan fingerprint density at radius 2 is 2.12 bits per heavy atom. The summed E-state index contributed by atoms with van der Waals surface area (Å²) in [7, 11) is 1.60. The van der Waals surface area contributed by atoms with Gasteiger partial charge in [0.2, 0.25) is 0 Å². The molecule has 2 aliphatic heterocycles. The van der Waals surface area contributed by atoms with Crippen molar-refractivity contribution in [1.82, 2.24) is 14.8 Å². The van der Waals surface area contributed by atoms with Gasteiger partial charge in [-0.2, -0.15) is 0 Å². The number of methoxy groups -OCH3 is 1. The maximum Gasteiger partial charge on any atom is 0.272 e. The molecule has 6 nitrogen and oxygen atoms in total. The number of nitrogens with zero attached hydrogens (tertiary/aromatic N) is 3. The highest BCUT2D eigenvalue weighted by Crippen LogP contribution is 2.16. The van der Waals surface area contributed by atoms with Crippen LogP contribution in [0.25, 0.3) is 0 Å². The second-order valence-electron chi connectivity index (χ2n) is 6.54. The molecule has 0 saturated carbocycles. The van der Waals surface area contributed by atoms with E-state index in [9.17, 15) is 4.79 Å². The molecule has 0 aliphatic carbocycles. The minimum absolute atomic E-state index is 0.0388. The molecule has 1 atom stereocenters. The summed E-state index contributed by atoms with van der Waals surface area (Å²) in [6.07, 6.45) is 6.43. The summed E-state index contributed by atoms with van der Waals surface area (Å²) < 4.78 is 11.2. The van der Waals surface area contributed by atoms with E-state index in [-0.39, 0.29) is 12.0 Å². The number of rotatable bonds is 4. The first-order valence-electron chi connectivity index (χ1n) is 8.89. The van der Waals surface area contributed by atoms with E-state index < -0.39 is 0 Å². The predicted octanol–water partition coefficient (Wildman–Crippen LogP) is 1.81. The summed E-state index contributed by atoms with van der Waals surface area (Å²) in [5.41, 5.74) is 0.438. The Hall–Kier alpha value is -1.66. The Balaban J connectivity index is 1.63. The lowest BCUT2D eigenvalue weighted by Gasteiger charge is -2.31. The number of hydrogen-bond acceptors (Lipinski definition) is 5. The number of carbonyl (C=O) groups is 1. The number of piperidine rings is 1. The zero-order valence-corrected chi connectivity index (χ0v) is 14.4. The monoisotopic (exact) mass is 333 g/mol. The number of amides is 1. The first-order valence-corrected chi connectivity index (χ1v) is 8.89. The largest absolute Gasteiger partial charge is 0.497 e. The molecule has 1 amide bonds. The van der Waals surface area contributed by atoms with Gasteiger partial charge in [-0.1, -0.05) is 6.42 Å². The average molecular weight is 333 g/mol. The average Bonchev–Trinajstić information content (AvgIpc) is 2.87. The standard InChI is InChI=1S/C18H27N3O3/c1-23-15-6-7-19-17(12-15)18(22)21-10-5-11-24-16(14-21)13-20-8-3-2-4-9-20/h6-7,12,16H,2-5,8-11,13-14H2,1H3/t16-/m1/s1. The SMILES string of the molecule is COc1ccnc(C(=O)N2CCCO[C@H](CN3CCCCC3)C2)c1. The van der Waals surface area contributed by atoms with Crippen molar-refractivity contribution in [3.05, 3.63) is 24.0 Å². The summed E-state index contributed by atoms with van der Waals surface area (Å²) in [5.74, 6) is 0.618. The molecule has 0 radical (unpaired) electrons. The summed E-state index contributed by atoms with van der Waals surface area (Å²) in [5, 5.41) is 0. The molecular weight excluding hydrogens is 306 g/mol. The van der Waals surface area contributed by atoms with Crippen molar-refractivity contribution in [2.45, 2.75) is 31.8 Å². The van der Waals surface area contributed by atoms with Crippen LogP contribution in [-0.2, 0) is 4.74 Å². The highest BCUT2D eigenvalue weighted by molar-refractivity contribution is 5.92. The second kappa shape index (κ2) is 8.44. The summed E-state index contributed by atoms with van der Waals surface area (Å²) in [6, 6.07) is 3.45. The van der Waals surface area contributed by atoms with Crippen LogP contribution in [0.2, 0.25) is 0 Å². The van der Waals surface area contributed by atoms with E-state index in [0.29, 0.717) is 31.1 Å². The number of hydrogen-bond donors (Lipinski definition) is 0. The molecule has 2 fully saturated rings. The molecule has 1 aromatic heterocycles. The zero-order valence-electron chi connectivity index (χ0n) is 14.4. The highest BCUT2D eigenvalue weighted by atomic mass is 16.5. The lowest BCUT2D eigenvalue weighted by molar-refractivity contribution is 0.0215. The quantitative estimate of drug-likeness (QED) is 0.841. The number of aromatic nitrogens is 1. The van der Waals surface area contributed by atoms with Crippen LogP contribution in [-0.4, -0.2) is 73.2 Å². The van der Waals surface area contributed by atoms with Gasteiger partial charge in [0.05, 0.1) is 13.2 Å². The fraction of sp³-hybridized carbons (Fsp3) is 0.667. The first kappa shape index (κ1) is 17.2. The molecule has 24 heavy (non-hydrogen) atoms. The van der Waals surface area contributed by atoms with Gasteiger partial charge in [-0.05, 0) is 38.4 Å². The van der Waals surface area contributed by atoms with E-state index in [4.69, 9.17) is 9.47 Å². The van der Waals surface area contributed by atoms with Crippen molar-refractivity contribution in [3.8, 4) is 5.75 Å². The van der Waals surface area contributed by atoms with Crippen molar-refractivity contribution in [3.63, 3.8) is 0 Å². The van der Waals surface area contributed by atoms with Crippen molar-refractivity contribution in [2.24, 2.45) is 0 Å². The van der Waals surface area contributed by atoms with Crippen LogP contribution in [0.3, 0.4) is 0 Å². The van der Waals surface area contributed by atoms with Gasteiger partial charge in [-0.15, -0.1) is 0 Å². The van der Waals surface area contributed by atoms with Crippen LogP contribution in [0.4, 0.5) is 0 Å². The minimum atomic E-state index is -0.0388. The molecule has 0 bridgehead atoms. The Kier molecular flexibility index (Phi) is 6.04. The summed E-state index contributed by atoms with van der Waals surface area (Å²) in [6.45, 7) is 5.27. The molecule has 0 aromatic carbocycles. The molecule has 0 N–H and O–H groups in total. The van der Waals surface area contributed by atoms with Crippen molar-refractivity contribution < 1.29 is 14.3 Å². The van der Waals surface area contributed by atoms with E-state index in [2.05, 4.69) is 9.88 Å². The first-order chi connectivity index (χ1) is 11.8. The third kappa shape index (κ3) is 4.45. The van der Waals surface area contributed by atoms with Gasteiger partial charge in [-0.25, -0.2) is 0 Å². The fourth-order valence-electron chi connectivity index (χ4n) is 3.44. The maximum atomic E-state index is 12.8. The van der Waals surface area contributed by atoms with E-state index in [1.165, 1.54) is 19.3 Å². The molecule has 0 spiro atoms. The Bertz CT molecular complexity index is 546. The molecule has 3 rings (SSSR count). The van der Waals surface area contributed by atoms with Crippen molar-refractivity contribution in [1.29, 1.82) is 0 Å². The van der Waals surface area contributed by atoms with Crippen LogP contribution < -0.4 is 4.74 Å². The summed E-state index contributed by atoms with van der Waals surface area (Å²) in [4.78, 5) is 21.4. The molecular formula is C18H27N3O3. The normalized spacial score (nSPS) is 22.9. The highest BCUT2D eigenvalue weighted by Gasteiger charge is 2.26. The number of likely N-dealkylation sites (tertiary alicyclic amines) is 1. The molecule has 3 heterocycles. The van der Waals surface area contributed by atoms with Crippen molar-refractivity contribution >= 4 is 5.91 Å². The van der Waals surface area contributed by atoms with E-state index in [1.807, 2.05) is 4.90 Å². The Morgan fingerprint density at radius 3 is 2.92 bits per heavy atom. The predicted molar refractivity (Wildman–Crippen MR) is 91.3 cm³/mol. The molecule has 0 unspecified atom stereocenters. The van der Waals surface area contributed by atoms with Crippen LogP contribution in [0, 0.1) is 0 Å². The third-order valence-corrected chi connectivity index (χ3v) is 4.73. The Labute approximate surface area is 143 Å². The van der Waals surface area contributed by atoms with Gasteiger partial charge in [0, 0.05) is 38.5 Å². The smallest absolute Gasteiger partial charge is 0.272 e. The van der Waals surface area contributed by atoms with Gasteiger partial charge in [0.1, 0.15) is 11.4 Å². The van der Waals surface area contributed by atoms with Gasteiger partial charge >= 0.3 is 0 Å². The van der Waals surface area contributed by atoms with E-state index >= 15 is 0 Å². The molecule has 132 valence electrons. The van der Waals surface area contributed by atoms with Gasteiger partial charge in [0.15, 0.2) is 0 Å². The van der Waals surface area contributed by atoms with Crippen molar-refractivity contribution in [2.75, 3.05) is 46.4 Å². The maximum absolute atomic E-state index is 12.8. The fourth-order valence-corrected chi connectivity index (χ4v) is 3.44. The molecule has 6 heteroatoms. The third-order valence-electron chi connectivity index (χ3n) is 4.73. The number of carbonyl (C=O) groups excluding carboxylic acids is 1. The zero-order chi connectivity index (χ0) is 16.8. The molecule has 2 aliphatic rings. The van der Waals surface area contributed by atoms with Crippen LogP contribution in [0.15, 0.2) is 18.3 Å². The second-order valence-corrected chi connectivity index (χ2v) is 6.54. The molecule has 1 aromatic rings. The number of ether oxygens (including phenoxy) is 2. The topological polar surface area (TPSA) is 54.9 Å². The minimum Gasteiger partial charge on any atom is -0.497 e. The van der Waals surface area contributed by atoms with E-state index in [1.54, 1.807) is 25.4 Å². The number of pyridine rings is 1. The molecule has 2 saturated heterocycles.